The molecule has 2 aromatic carbocycles. The molecular formula is C19H22N2O3. The standard InChI is InChI=1S/C19H22N2O3/c1-21(2)13-7-5-12(6-8-13)15-11-18(22)20-16-9-14(23-3)10-17(24-4)19(15)16/h5-10,15H,11H2,1-4H3,(H,20,22). The van der Waals surface area contributed by atoms with Crippen molar-refractivity contribution in [3.8, 4) is 11.5 Å². The number of ether oxygens (including phenoxy) is 2. The van der Waals surface area contributed by atoms with Crippen molar-refractivity contribution < 1.29 is 14.3 Å². The van der Waals surface area contributed by atoms with Crippen molar-refractivity contribution >= 4 is 17.3 Å². The molecule has 0 aromatic heterocycles. The maximum atomic E-state index is 12.2. The van der Waals surface area contributed by atoms with Crippen LogP contribution in [0.25, 0.3) is 0 Å². The van der Waals surface area contributed by atoms with E-state index in [2.05, 4.69) is 34.5 Å². The molecule has 1 atom stereocenters. The van der Waals surface area contributed by atoms with Crippen LogP contribution in [-0.2, 0) is 4.79 Å². The summed E-state index contributed by atoms with van der Waals surface area (Å²) in [6.45, 7) is 0. The molecule has 0 spiro atoms. The molecule has 5 nitrogen and oxygen atoms in total. The van der Waals surface area contributed by atoms with Crippen molar-refractivity contribution in [3.05, 3.63) is 47.5 Å². The van der Waals surface area contributed by atoms with Crippen LogP contribution in [0.2, 0.25) is 0 Å². The van der Waals surface area contributed by atoms with Gasteiger partial charge in [-0.05, 0) is 17.7 Å². The van der Waals surface area contributed by atoms with E-state index in [0.29, 0.717) is 12.2 Å². The van der Waals surface area contributed by atoms with Crippen molar-refractivity contribution in [2.24, 2.45) is 0 Å². The lowest BCUT2D eigenvalue weighted by Gasteiger charge is -2.28. The van der Waals surface area contributed by atoms with Crippen molar-refractivity contribution in [1.82, 2.24) is 0 Å². The fourth-order valence-corrected chi connectivity index (χ4v) is 3.13. The number of nitrogens with one attached hydrogen (secondary N) is 1. The van der Waals surface area contributed by atoms with Gasteiger partial charge in [-0.1, -0.05) is 12.1 Å². The first kappa shape index (κ1) is 16.2. The molecule has 1 aliphatic rings. The Morgan fingerprint density at radius 1 is 1.08 bits per heavy atom. The van der Waals surface area contributed by atoms with Crippen molar-refractivity contribution in [1.29, 1.82) is 0 Å². The minimum absolute atomic E-state index is 0.000470. The Kier molecular flexibility index (Phi) is 4.34. The molecule has 1 N–H and O–H groups in total. The maximum absolute atomic E-state index is 12.2. The highest BCUT2D eigenvalue weighted by molar-refractivity contribution is 5.96. The van der Waals surface area contributed by atoms with Crippen molar-refractivity contribution in [2.45, 2.75) is 12.3 Å². The van der Waals surface area contributed by atoms with Crippen LogP contribution in [-0.4, -0.2) is 34.2 Å². The van der Waals surface area contributed by atoms with Gasteiger partial charge in [0, 0.05) is 49.8 Å². The number of carbonyl (C=O) groups is 1. The monoisotopic (exact) mass is 326 g/mol. The zero-order chi connectivity index (χ0) is 17.3. The Balaban J connectivity index is 2.09. The summed E-state index contributed by atoms with van der Waals surface area (Å²) in [5.41, 5.74) is 3.97. The molecule has 1 unspecified atom stereocenters. The van der Waals surface area contributed by atoms with Gasteiger partial charge in [0.15, 0.2) is 0 Å². The van der Waals surface area contributed by atoms with E-state index in [0.717, 1.165) is 28.3 Å². The number of hydrogen-bond donors (Lipinski definition) is 1. The Labute approximate surface area is 142 Å². The van der Waals surface area contributed by atoms with Crippen LogP contribution in [0.4, 0.5) is 11.4 Å². The highest BCUT2D eigenvalue weighted by Crippen LogP contribution is 2.44. The minimum atomic E-state index is -0.0363. The smallest absolute Gasteiger partial charge is 0.225 e. The van der Waals surface area contributed by atoms with Crippen LogP contribution >= 0.6 is 0 Å². The third-order valence-electron chi connectivity index (χ3n) is 4.40. The summed E-state index contributed by atoms with van der Waals surface area (Å²) >= 11 is 0. The minimum Gasteiger partial charge on any atom is -0.497 e. The Morgan fingerprint density at radius 2 is 1.79 bits per heavy atom. The van der Waals surface area contributed by atoms with E-state index in [1.54, 1.807) is 14.2 Å². The number of benzene rings is 2. The van der Waals surface area contributed by atoms with Crippen LogP contribution in [0, 0.1) is 0 Å². The molecule has 0 saturated heterocycles. The molecule has 0 saturated carbocycles. The third kappa shape index (κ3) is 2.89. The molecule has 5 heteroatoms. The lowest BCUT2D eigenvalue weighted by molar-refractivity contribution is -0.116. The van der Waals surface area contributed by atoms with Gasteiger partial charge in [0.2, 0.25) is 5.91 Å². The quantitative estimate of drug-likeness (QED) is 0.937. The van der Waals surface area contributed by atoms with Crippen LogP contribution < -0.4 is 19.7 Å². The van der Waals surface area contributed by atoms with E-state index >= 15 is 0 Å². The SMILES string of the molecule is COc1cc2c(c(OC)c1)C(c1ccc(N(C)C)cc1)CC(=O)N2. The van der Waals surface area contributed by atoms with Gasteiger partial charge >= 0.3 is 0 Å². The molecule has 0 radical (unpaired) electrons. The zero-order valence-electron chi connectivity index (χ0n) is 14.4. The van der Waals surface area contributed by atoms with E-state index < -0.39 is 0 Å². The summed E-state index contributed by atoms with van der Waals surface area (Å²) < 4.78 is 10.9. The topological polar surface area (TPSA) is 50.8 Å². The Hall–Kier alpha value is -2.69. The van der Waals surface area contributed by atoms with Crippen LogP contribution in [0.5, 0.6) is 11.5 Å². The van der Waals surface area contributed by atoms with E-state index in [4.69, 9.17) is 9.47 Å². The second kappa shape index (κ2) is 6.43. The van der Waals surface area contributed by atoms with Crippen LogP contribution in [0.3, 0.4) is 0 Å². The summed E-state index contributed by atoms with van der Waals surface area (Å²) in [6, 6.07) is 12.0. The molecule has 0 aliphatic carbocycles. The molecule has 0 fully saturated rings. The Bertz CT molecular complexity index is 754. The predicted molar refractivity (Wildman–Crippen MR) is 95.4 cm³/mol. The lowest BCUT2D eigenvalue weighted by atomic mass is 9.84. The maximum Gasteiger partial charge on any atom is 0.225 e. The second-order valence-corrected chi connectivity index (χ2v) is 6.08. The average Bonchev–Trinajstić information content (AvgIpc) is 2.59. The molecule has 1 amide bonds. The molecule has 1 heterocycles. The first-order valence-corrected chi connectivity index (χ1v) is 7.86. The lowest BCUT2D eigenvalue weighted by Crippen LogP contribution is -2.24. The summed E-state index contributed by atoms with van der Waals surface area (Å²) in [6.07, 6.45) is 0.400. The fraction of sp³-hybridized carbons (Fsp3) is 0.316. The summed E-state index contributed by atoms with van der Waals surface area (Å²) in [5, 5.41) is 2.93. The Morgan fingerprint density at radius 3 is 2.38 bits per heavy atom. The molecule has 126 valence electrons. The first-order chi connectivity index (χ1) is 11.5. The van der Waals surface area contributed by atoms with E-state index in [9.17, 15) is 4.79 Å². The second-order valence-electron chi connectivity index (χ2n) is 6.08. The summed E-state index contributed by atoms with van der Waals surface area (Å²) in [5.74, 6) is 1.35. The molecule has 0 bridgehead atoms. The summed E-state index contributed by atoms with van der Waals surface area (Å²) in [7, 11) is 7.25. The largest absolute Gasteiger partial charge is 0.497 e. The van der Waals surface area contributed by atoms with E-state index in [1.165, 1.54) is 0 Å². The highest BCUT2D eigenvalue weighted by Gasteiger charge is 2.30. The number of fused-ring (bicyclic) bond motifs is 1. The van der Waals surface area contributed by atoms with Gasteiger partial charge in [-0.3, -0.25) is 4.79 Å². The number of nitrogens with zero attached hydrogens (tertiary/aromatic N) is 1. The average molecular weight is 326 g/mol. The van der Waals surface area contributed by atoms with E-state index in [-0.39, 0.29) is 11.8 Å². The van der Waals surface area contributed by atoms with Gasteiger partial charge in [-0.15, -0.1) is 0 Å². The molecule has 1 aliphatic heterocycles. The number of hydrogen-bond acceptors (Lipinski definition) is 4. The van der Waals surface area contributed by atoms with Gasteiger partial charge in [0.05, 0.1) is 19.9 Å². The van der Waals surface area contributed by atoms with Crippen molar-refractivity contribution in [3.63, 3.8) is 0 Å². The van der Waals surface area contributed by atoms with E-state index in [1.807, 2.05) is 26.2 Å². The highest BCUT2D eigenvalue weighted by atomic mass is 16.5. The molecular weight excluding hydrogens is 304 g/mol. The third-order valence-corrected chi connectivity index (χ3v) is 4.40. The van der Waals surface area contributed by atoms with Crippen molar-refractivity contribution in [2.75, 3.05) is 38.5 Å². The molecule has 2 aromatic rings. The van der Waals surface area contributed by atoms with Crippen LogP contribution in [0.15, 0.2) is 36.4 Å². The zero-order valence-corrected chi connectivity index (χ0v) is 14.4. The van der Waals surface area contributed by atoms with Gasteiger partial charge in [-0.25, -0.2) is 0 Å². The number of rotatable bonds is 4. The fourth-order valence-electron chi connectivity index (χ4n) is 3.13. The molecule has 24 heavy (non-hydrogen) atoms. The molecule has 3 rings (SSSR count). The number of anilines is 2. The normalized spacial score (nSPS) is 16.2. The number of amides is 1. The van der Waals surface area contributed by atoms with Gasteiger partial charge in [0.25, 0.3) is 0 Å². The predicted octanol–water partition coefficient (Wildman–Crippen LogP) is 3.24. The van der Waals surface area contributed by atoms with Gasteiger partial charge in [-0.2, -0.15) is 0 Å². The number of carbonyl (C=O) groups excluding carboxylic acids is 1. The summed E-state index contributed by atoms with van der Waals surface area (Å²) in [4.78, 5) is 14.2. The first-order valence-electron chi connectivity index (χ1n) is 7.86. The van der Waals surface area contributed by atoms with Crippen LogP contribution in [0.1, 0.15) is 23.5 Å². The number of methoxy groups -OCH3 is 2. The van der Waals surface area contributed by atoms with Gasteiger partial charge in [0.1, 0.15) is 11.5 Å². The van der Waals surface area contributed by atoms with Gasteiger partial charge < -0.3 is 19.7 Å².